The van der Waals surface area contributed by atoms with Gasteiger partial charge in [0, 0.05) is 53.7 Å². The number of hydrogen-bond donors (Lipinski definition) is 0. The largest absolute Gasteiger partial charge is 0.310 e. The molecule has 7 aromatic carbocycles. The standard InChI is InChI=1S/C53H44N2S/c1-4-13-49-45(10-1)46-11-2-5-14-50(46)55(49)43-9-7-8-39(30-43)38-18-22-41(23-19-38)54(44-26-27-52-48(31-44)47-12-3-6-15-51(47)56-52)42-24-20-40(21-25-42)53-32-35-16-17-36(33-53)29-37(28-35)34-53/h1-15,18-27,30-31,35-37H,16-17,28-29,32-34H2/t35-,36?,37?,53?/m1/s1. The normalized spacial score (nSPS) is 21.7. The van der Waals surface area contributed by atoms with E-state index in [2.05, 4.69) is 173 Å². The predicted octanol–water partition coefficient (Wildman–Crippen LogP) is 15.1. The van der Waals surface area contributed by atoms with Crippen molar-refractivity contribution in [1.29, 1.82) is 0 Å². The molecule has 0 amide bonds. The summed E-state index contributed by atoms with van der Waals surface area (Å²) in [5, 5.41) is 5.23. The van der Waals surface area contributed by atoms with Crippen molar-refractivity contribution in [3.05, 3.63) is 169 Å². The van der Waals surface area contributed by atoms with Crippen molar-refractivity contribution < 1.29 is 0 Å². The van der Waals surface area contributed by atoms with Crippen molar-refractivity contribution in [2.24, 2.45) is 17.8 Å². The summed E-state index contributed by atoms with van der Waals surface area (Å²) in [6.45, 7) is 0. The van der Waals surface area contributed by atoms with Gasteiger partial charge in [0.15, 0.2) is 0 Å². The summed E-state index contributed by atoms with van der Waals surface area (Å²) in [7, 11) is 0. The number of nitrogens with zero attached hydrogens (tertiary/aromatic N) is 2. The van der Waals surface area contributed by atoms with E-state index >= 15 is 0 Å². The van der Waals surface area contributed by atoms with Gasteiger partial charge in [-0.15, -0.1) is 11.3 Å². The monoisotopic (exact) mass is 740 g/mol. The van der Waals surface area contributed by atoms with Crippen LogP contribution in [0.4, 0.5) is 17.1 Å². The minimum Gasteiger partial charge on any atom is -0.310 e. The maximum atomic E-state index is 2.50. The Hall–Kier alpha value is -5.64. The number of fused-ring (bicyclic) bond motifs is 7. The summed E-state index contributed by atoms with van der Waals surface area (Å²) in [6, 6.07) is 61.5. The molecule has 4 aliphatic carbocycles. The van der Waals surface area contributed by atoms with Crippen molar-refractivity contribution in [1.82, 2.24) is 4.57 Å². The number of rotatable bonds is 6. The van der Waals surface area contributed by atoms with Crippen LogP contribution in [0.15, 0.2) is 164 Å². The number of hydrogen-bond acceptors (Lipinski definition) is 2. The number of para-hydroxylation sites is 2. The van der Waals surface area contributed by atoms with Gasteiger partial charge in [-0.1, -0.05) is 104 Å². The maximum absolute atomic E-state index is 2.50. The average molecular weight is 741 g/mol. The molecule has 4 atom stereocenters. The quantitative estimate of drug-likeness (QED) is 0.165. The second-order valence-corrected chi connectivity index (χ2v) is 18.3. The second kappa shape index (κ2) is 12.7. The van der Waals surface area contributed by atoms with Gasteiger partial charge in [0.25, 0.3) is 0 Å². The maximum Gasteiger partial charge on any atom is 0.0541 e. The van der Waals surface area contributed by atoms with Gasteiger partial charge in [-0.2, -0.15) is 0 Å². The number of benzene rings is 7. The molecule has 4 saturated carbocycles. The zero-order chi connectivity index (χ0) is 36.8. The molecule has 3 heteroatoms. The van der Waals surface area contributed by atoms with Gasteiger partial charge in [0.2, 0.25) is 0 Å². The molecular weight excluding hydrogens is 697 g/mol. The zero-order valence-corrected chi connectivity index (χ0v) is 32.4. The molecule has 0 saturated heterocycles. The third-order valence-electron chi connectivity index (χ3n) is 13.9. The Kier molecular flexibility index (Phi) is 7.39. The van der Waals surface area contributed by atoms with Crippen LogP contribution >= 0.6 is 11.3 Å². The lowest BCUT2D eigenvalue weighted by atomic mass is 9.56. The van der Waals surface area contributed by atoms with Crippen molar-refractivity contribution in [2.75, 3.05) is 4.90 Å². The summed E-state index contributed by atoms with van der Waals surface area (Å²) >= 11 is 1.88. The predicted molar refractivity (Wildman–Crippen MR) is 238 cm³/mol. The lowest BCUT2D eigenvalue weighted by Gasteiger charge is -2.49. The van der Waals surface area contributed by atoms with Gasteiger partial charge >= 0.3 is 0 Å². The minimum atomic E-state index is 0.375. The van der Waals surface area contributed by atoms with E-state index in [1.54, 1.807) is 5.56 Å². The molecule has 2 aromatic heterocycles. The van der Waals surface area contributed by atoms with E-state index in [0.717, 1.165) is 17.8 Å². The Labute approximate surface area is 332 Å². The fraction of sp³-hybridized carbons (Fsp3) is 0.208. The molecule has 2 heterocycles. The molecule has 4 bridgehead atoms. The SMILES string of the molecule is c1cc(-c2ccc(N(c3ccc(C45CC6CC[C@H](CC(C6)C4)C5)cc3)c3ccc4sc5ccccc5c4c3)cc2)cc(-n2c3ccccc3c3ccccc32)c1. The zero-order valence-electron chi connectivity index (χ0n) is 31.6. The van der Waals surface area contributed by atoms with Crippen molar-refractivity contribution in [3.8, 4) is 16.8 Å². The van der Waals surface area contributed by atoms with Crippen LogP contribution in [0.25, 0.3) is 58.8 Å². The van der Waals surface area contributed by atoms with Gasteiger partial charge in [0.05, 0.1) is 11.0 Å². The van der Waals surface area contributed by atoms with Crippen molar-refractivity contribution in [3.63, 3.8) is 0 Å². The number of thiophene rings is 1. The van der Waals surface area contributed by atoms with Gasteiger partial charge in [-0.05, 0) is 145 Å². The molecule has 13 rings (SSSR count). The molecule has 4 fully saturated rings. The minimum absolute atomic E-state index is 0.375. The van der Waals surface area contributed by atoms with Gasteiger partial charge in [-0.25, -0.2) is 0 Å². The van der Waals surface area contributed by atoms with Crippen LogP contribution in [0, 0.1) is 17.8 Å². The Morgan fingerprint density at radius 1 is 0.464 bits per heavy atom. The molecule has 9 aromatic rings. The van der Waals surface area contributed by atoms with Crippen LogP contribution in [0.2, 0.25) is 0 Å². The Morgan fingerprint density at radius 3 is 1.77 bits per heavy atom. The molecule has 0 N–H and O–H groups in total. The Balaban J connectivity index is 0.941. The summed E-state index contributed by atoms with van der Waals surface area (Å²) < 4.78 is 5.08. The highest BCUT2D eigenvalue weighted by Gasteiger charge is 2.49. The highest BCUT2D eigenvalue weighted by Crippen LogP contribution is 2.59. The first kappa shape index (κ1) is 32.6. The first-order valence-corrected chi connectivity index (χ1v) is 21.5. The lowest BCUT2D eigenvalue weighted by Crippen LogP contribution is -2.40. The summed E-state index contributed by atoms with van der Waals surface area (Å²) in [5.74, 6) is 2.77. The van der Waals surface area contributed by atoms with Crippen LogP contribution in [0.5, 0.6) is 0 Å². The second-order valence-electron chi connectivity index (χ2n) is 17.2. The molecule has 4 aliphatic rings. The highest BCUT2D eigenvalue weighted by molar-refractivity contribution is 7.25. The van der Waals surface area contributed by atoms with E-state index in [9.17, 15) is 0 Å². The van der Waals surface area contributed by atoms with Gasteiger partial charge in [-0.3, -0.25) is 0 Å². The third kappa shape index (κ3) is 5.20. The van der Waals surface area contributed by atoms with Crippen molar-refractivity contribution in [2.45, 2.75) is 50.4 Å². The van der Waals surface area contributed by atoms with Gasteiger partial charge < -0.3 is 9.47 Å². The lowest BCUT2D eigenvalue weighted by molar-refractivity contribution is 0.0984. The van der Waals surface area contributed by atoms with Crippen LogP contribution in [-0.4, -0.2) is 4.57 Å². The molecule has 0 aliphatic heterocycles. The van der Waals surface area contributed by atoms with Crippen LogP contribution < -0.4 is 4.90 Å². The van der Waals surface area contributed by atoms with E-state index in [1.807, 2.05) is 11.3 Å². The molecule has 0 radical (unpaired) electrons. The summed E-state index contributed by atoms with van der Waals surface area (Å²) in [6.07, 6.45) is 10.0. The molecule has 3 unspecified atom stereocenters. The first-order chi connectivity index (χ1) is 27.7. The van der Waals surface area contributed by atoms with E-state index in [-0.39, 0.29) is 0 Å². The topological polar surface area (TPSA) is 8.17 Å². The number of aromatic nitrogens is 1. The van der Waals surface area contributed by atoms with E-state index < -0.39 is 0 Å². The summed E-state index contributed by atoms with van der Waals surface area (Å²) in [4.78, 5) is 2.47. The highest BCUT2D eigenvalue weighted by atomic mass is 32.1. The van der Waals surface area contributed by atoms with Crippen LogP contribution in [-0.2, 0) is 5.41 Å². The fourth-order valence-corrected chi connectivity index (χ4v) is 12.7. The van der Waals surface area contributed by atoms with Crippen molar-refractivity contribution >= 4 is 70.4 Å². The first-order valence-electron chi connectivity index (χ1n) is 20.7. The summed E-state index contributed by atoms with van der Waals surface area (Å²) in [5.41, 5.74) is 11.6. The van der Waals surface area contributed by atoms with Gasteiger partial charge in [0.1, 0.15) is 0 Å². The smallest absolute Gasteiger partial charge is 0.0541 e. The molecule has 56 heavy (non-hydrogen) atoms. The number of anilines is 3. The molecule has 2 nitrogen and oxygen atoms in total. The Bertz CT molecular complexity index is 2860. The third-order valence-corrected chi connectivity index (χ3v) is 15.0. The fourth-order valence-electron chi connectivity index (χ4n) is 11.6. The van der Waals surface area contributed by atoms with Crippen LogP contribution in [0.3, 0.4) is 0 Å². The van der Waals surface area contributed by atoms with E-state index in [1.165, 1.54) is 121 Å². The molecular formula is C53H44N2S. The molecule has 272 valence electrons. The van der Waals surface area contributed by atoms with E-state index in [0.29, 0.717) is 5.41 Å². The van der Waals surface area contributed by atoms with E-state index in [4.69, 9.17) is 0 Å². The molecule has 0 spiro atoms. The Morgan fingerprint density at radius 2 is 1.05 bits per heavy atom. The average Bonchev–Trinajstić information content (AvgIpc) is 3.70. The van der Waals surface area contributed by atoms with Crippen LogP contribution in [0.1, 0.15) is 50.5 Å².